The van der Waals surface area contributed by atoms with Gasteiger partial charge in [0.15, 0.2) is 11.6 Å². The smallest absolute Gasteiger partial charge is 0.241 e. The van der Waals surface area contributed by atoms with Crippen LogP contribution in [0.2, 0.25) is 0 Å². The highest BCUT2D eigenvalue weighted by Crippen LogP contribution is 2.27. The Morgan fingerprint density at radius 3 is 2.35 bits per heavy atom. The molecule has 0 aromatic heterocycles. The average Bonchev–Trinajstić information content (AvgIpc) is 2.35. The van der Waals surface area contributed by atoms with E-state index < -0.39 is 32.3 Å². The van der Waals surface area contributed by atoms with Crippen molar-refractivity contribution in [2.75, 3.05) is 26.2 Å². The van der Waals surface area contributed by atoms with Crippen LogP contribution in [0.15, 0.2) is 17.0 Å². The molecule has 0 saturated carbocycles. The zero-order valence-corrected chi connectivity index (χ0v) is 12.2. The van der Waals surface area contributed by atoms with Gasteiger partial charge in [-0.2, -0.15) is 0 Å². The fourth-order valence-electron chi connectivity index (χ4n) is 1.70. The summed E-state index contributed by atoms with van der Waals surface area (Å²) in [4.78, 5) is 1.33. The molecule has 0 atom stereocenters. The van der Waals surface area contributed by atoms with E-state index in [2.05, 4.69) is 0 Å². The van der Waals surface area contributed by atoms with Gasteiger partial charge in [0.05, 0.1) is 0 Å². The number of ether oxygens (including phenoxy) is 1. The summed E-state index contributed by atoms with van der Waals surface area (Å²) in [5, 5.41) is 4.93. The predicted octanol–water partition coefficient (Wildman–Crippen LogP) is 1.33. The van der Waals surface area contributed by atoms with E-state index in [1.165, 1.54) is 0 Å². The van der Waals surface area contributed by atoms with Crippen molar-refractivity contribution >= 4 is 10.0 Å². The molecule has 114 valence electrons. The maximum atomic E-state index is 13.6. The lowest BCUT2D eigenvalue weighted by molar-refractivity contribution is 0.213. The number of halogens is 2. The lowest BCUT2D eigenvalue weighted by atomic mass is 10.3. The average molecular weight is 308 g/mol. The first-order valence-electron chi connectivity index (χ1n) is 6.16. The Bertz CT molecular complexity index is 560. The highest BCUT2D eigenvalue weighted by molar-refractivity contribution is 7.89. The molecule has 8 heteroatoms. The van der Waals surface area contributed by atoms with Gasteiger partial charge in [0.25, 0.3) is 0 Å². The summed E-state index contributed by atoms with van der Waals surface area (Å²) in [7, 11) is -4.26. The Morgan fingerprint density at radius 1 is 1.25 bits per heavy atom. The molecular formula is C12H18F2N2O3S. The second-order valence-electron chi connectivity index (χ2n) is 4.14. The zero-order valence-electron chi connectivity index (χ0n) is 11.4. The second-order valence-corrected chi connectivity index (χ2v) is 5.67. The van der Waals surface area contributed by atoms with Crippen LogP contribution in [0.25, 0.3) is 0 Å². The first-order chi connectivity index (χ1) is 9.29. The summed E-state index contributed by atoms with van der Waals surface area (Å²) in [5.41, 5.74) is 0. The van der Waals surface area contributed by atoms with E-state index in [4.69, 9.17) is 9.88 Å². The highest BCUT2D eigenvalue weighted by Gasteiger charge is 2.21. The number of hydrogen-bond acceptors (Lipinski definition) is 4. The SMILES string of the molecule is CCN(CC)CCOc1c(F)cc(F)cc1S(N)(=O)=O. The maximum absolute atomic E-state index is 13.6. The Hall–Kier alpha value is -1.25. The topological polar surface area (TPSA) is 72.6 Å². The highest BCUT2D eigenvalue weighted by atomic mass is 32.2. The molecule has 0 saturated heterocycles. The molecule has 0 aliphatic heterocycles. The minimum atomic E-state index is -4.26. The first-order valence-corrected chi connectivity index (χ1v) is 7.71. The van der Waals surface area contributed by atoms with Crippen molar-refractivity contribution < 1.29 is 21.9 Å². The van der Waals surface area contributed by atoms with Crippen LogP contribution in [0, 0.1) is 11.6 Å². The van der Waals surface area contributed by atoms with Crippen molar-refractivity contribution in [2.24, 2.45) is 5.14 Å². The lowest BCUT2D eigenvalue weighted by Crippen LogP contribution is -2.28. The van der Waals surface area contributed by atoms with Gasteiger partial charge in [-0.05, 0) is 19.2 Å². The number of nitrogens with two attached hydrogens (primary N) is 1. The van der Waals surface area contributed by atoms with Crippen LogP contribution in [0.3, 0.4) is 0 Å². The molecule has 0 amide bonds. The van der Waals surface area contributed by atoms with Gasteiger partial charge >= 0.3 is 0 Å². The third-order valence-corrected chi connectivity index (χ3v) is 3.75. The number of nitrogens with zero attached hydrogens (tertiary/aromatic N) is 1. The third kappa shape index (κ3) is 4.39. The molecule has 1 rings (SSSR count). The molecule has 0 radical (unpaired) electrons. The number of benzene rings is 1. The van der Waals surface area contributed by atoms with Crippen LogP contribution in [-0.2, 0) is 10.0 Å². The number of hydrogen-bond donors (Lipinski definition) is 1. The fraction of sp³-hybridized carbons (Fsp3) is 0.500. The molecule has 0 unspecified atom stereocenters. The van der Waals surface area contributed by atoms with Crippen molar-refractivity contribution in [3.8, 4) is 5.75 Å². The third-order valence-electron chi connectivity index (χ3n) is 2.83. The Kier molecular flexibility index (Phi) is 5.85. The van der Waals surface area contributed by atoms with Crippen molar-refractivity contribution in [1.82, 2.24) is 4.90 Å². The second kappa shape index (κ2) is 6.96. The van der Waals surface area contributed by atoms with Gasteiger partial charge in [0.1, 0.15) is 17.3 Å². The van der Waals surface area contributed by atoms with E-state index >= 15 is 0 Å². The van der Waals surface area contributed by atoms with E-state index in [9.17, 15) is 17.2 Å². The van der Waals surface area contributed by atoms with Crippen LogP contribution in [-0.4, -0.2) is 39.6 Å². The zero-order chi connectivity index (χ0) is 15.3. The van der Waals surface area contributed by atoms with Crippen molar-refractivity contribution in [3.05, 3.63) is 23.8 Å². The normalized spacial score (nSPS) is 11.9. The van der Waals surface area contributed by atoms with Crippen molar-refractivity contribution in [1.29, 1.82) is 0 Å². The molecule has 5 nitrogen and oxygen atoms in total. The summed E-state index contributed by atoms with van der Waals surface area (Å²) < 4.78 is 54.5. The molecule has 0 fully saturated rings. The molecular weight excluding hydrogens is 290 g/mol. The molecule has 20 heavy (non-hydrogen) atoms. The van der Waals surface area contributed by atoms with Gasteiger partial charge < -0.3 is 9.64 Å². The summed E-state index contributed by atoms with van der Waals surface area (Å²) in [6.45, 7) is 6.05. The first kappa shape index (κ1) is 16.8. The molecule has 0 aliphatic rings. The van der Waals surface area contributed by atoms with E-state index in [0.717, 1.165) is 13.1 Å². The molecule has 0 aliphatic carbocycles. The van der Waals surface area contributed by atoms with Gasteiger partial charge in [0, 0.05) is 12.6 Å². The Morgan fingerprint density at radius 2 is 1.85 bits per heavy atom. The summed E-state index contributed by atoms with van der Waals surface area (Å²) in [6.07, 6.45) is 0. The molecule has 2 N–H and O–H groups in total. The predicted molar refractivity (Wildman–Crippen MR) is 71.0 cm³/mol. The largest absolute Gasteiger partial charge is 0.488 e. The fourth-order valence-corrected chi connectivity index (χ4v) is 2.40. The Balaban J connectivity index is 2.95. The molecule has 0 heterocycles. The number of sulfonamides is 1. The number of likely N-dealkylation sites (N-methyl/N-ethyl adjacent to an activating group) is 1. The van der Waals surface area contributed by atoms with Gasteiger partial charge in [-0.3, -0.25) is 0 Å². The van der Waals surface area contributed by atoms with E-state index in [-0.39, 0.29) is 6.61 Å². The molecule has 0 spiro atoms. The van der Waals surface area contributed by atoms with Crippen LogP contribution < -0.4 is 9.88 Å². The molecule has 0 bridgehead atoms. The van der Waals surface area contributed by atoms with Crippen LogP contribution >= 0.6 is 0 Å². The van der Waals surface area contributed by atoms with E-state index in [0.29, 0.717) is 18.7 Å². The van der Waals surface area contributed by atoms with Gasteiger partial charge in [-0.1, -0.05) is 13.8 Å². The molecule has 1 aromatic rings. The van der Waals surface area contributed by atoms with Crippen LogP contribution in [0.5, 0.6) is 5.75 Å². The standard InChI is InChI=1S/C12H18F2N2O3S/c1-3-16(4-2)5-6-19-12-10(14)7-9(13)8-11(12)20(15,17)18/h7-8H,3-6H2,1-2H3,(H2,15,17,18). The van der Waals surface area contributed by atoms with Crippen LogP contribution in [0.4, 0.5) is 8.78 Å². The summed E-state index contributed by atoms with van der Waals surface area (Å²) in [6, 6.07) is 1.20. The number of primary sulfonamides is 1. The van der Waals surface area contributed by atoms with Gasteiger partial charge in [-0.15, -0.1) is 0 Å². The quantitative estimate of drug-likeness (QED) is 0.825. The van der Waals surface area contributed by atoms with Crippen LogP contribution in [0.1, 0.15) is 13.8 Å². The molecule has 1 aromatic carbocycles. The summed E-state index contributed by atoms with van der Waals surface area (Å²) in [5.74, 6) is -2.66. The summed E-state index contributed by atoms with van der Waals surface area (Å²) >= 11 is 0. The van der Waals surface area contributed by atoms with Gasteiger partial charge in [-0.25, -0.2) is 22.3 Å². The maximum Gasteiger partial charge on any atom is 0.241 e. The lowest BCUT2D eigenvalue weighted by Gasteiger charge is -2.18. The van der Waals surface area contributed by atoms with Crippen molar-refractivity contribution in [2.45, 2.75) is 18.7 Å². The number of rotatable bonds is 7. The monoisotopic (exact) mass is 308 g/mol. The van der Waals surface area contributed by atoms with E-state index in [1.807, 2.05) is 18.7 Å². The minimum Gasteiger partial charge on any atom is -0.488 e. The van der Waals surface area contributed by atoms with Gasteiger partial charge in [0.2, 0.25) is 10.0 Å². The van der Waals surface area contributed by atoms with Crippen molar-refractivity contribution in [3.63, 3.8) is 0 Å². The minimum absolute atomic E-state index is 0.0761. The van der Waals surface area contributed by atoms with E-state index in [1.54, 1.807) is 0 Å². The Labute approximate surface area is 117 Å².